The molecule has 0 aromatic rings. The Kier molecular flexibility index (Phi) is 24.2. The largest absolute Gasteiger partial charge is 2.00 e. The fourth-order valence-corrected chi connectivity index (χ4v) is 0. The SMILES string of the molecule is O.O=P(O)(O)O.[Ca+2].[H-].[H-].[SiH4]. The summed E-state index contributed by atoms with van der Waals surface area (Å²) in [5, 5.41) is 0. The Bertz CT molecular complexity index is 65.8. The Morgan fingerprint density at radius 2 is 1.25 bits per heavy atom. The van der Waals surface area contributed by atoms with Crippen LogP contribution >= 0.6 is 7.82 Å². The Labute approximate surface area is 83.6 Å². The van der Waals surface area contributed by atoms with Crippen LogP contribution in [0.3, 0.4) is 0 Å². The van der Waals surface area contributed by atoms with Crippen LogP contribution in [0.5, 0.6) is 0 Å². The first-order chi connectivity index (χ1) is 2.00. The van der Waals surface area contributed by atoms with E-state index in [1.807, 2.05) is 0 Å². The molecule has 0 aliphatic rings. The maximum atomic E-state index is 8.88. The molecule has 0 saturated carbocycles. The van der Waals surface area contributed by atoms with Gasteiger partial charge in [0, 0.05) is 0 Å². The van der Waals surface area contributed by atoms with Crippen LogP contribution < -0.4 is 0 Å². The van der Waals surface area contributed by atoms with Gasteiger partial charge in [-0.1, -0.05) is 0 Å². The molecule has 0 spiro atoms. The molecule has 0 saturated heterocycles. The van der Waals surface area contributed by atoms with E-state index in [0.29, 0.717) is 0 Å². The van der Waals surface area contributed by atoms with Gasteiger partial charge < -0.3 is 23.0 Å². The van der Waals surface area contributed by atoms with E-state index in [-0.39, 0.29) is 57.0 Å². The molecule has 8 heavy (non-hydrogen) atoms. The fourth-order valence-electron chi connectivity index (χ4n) is 0. The first kappa shape index (κ1) is 22.7. The normalized spacial score (nSPS) is 7.38. The molecule has 0 aromatic carbocycles. The molecule has 0 unspecified atom stereocenters. The second-order valence-electron chi connectivity index (χ2n) is 0.513. The van der Waals surface area contributed by atoms with E-state index in [1.54, 1.807) is 0 Å². The number of rotatable bonds is 0. The average molecular weight is 190 g/mol. The quantitative estimate of drug-likeness (QED) is 0.274. The smallest absolute Gasteiger partial charge is 1.00 e. The topological polar surface area (TPSA) is 109 Å². The molecule has 0 rings (SSSR count). The van der Waals surface area contributed by atoms with Crippen LogP contribution in [0.2, 0.25) is 0 Å². The van der Waals surface area contributed by atoms with Crippen molar-refractivity contribution < 1.29 is 27.6 Å². The van der Waals surface area contributed by atoms with Crippen LogP contribution in [0.1, 0.15) is 2.85 Å². The van der Waals surface area contributed by atoms with E-state index in [0.717, 1.165) is 0 Å². The zero-order valence-electron chi connectivity index (χ0n) is 5.40. The van der Waals surface area contributed by atoms with Gasteiger partial charge in [-0.05, 0) is 11.0 Å². The van der Waals surface area contributed by atoms with E-state index in [1.165, 1.54) is 0 Å². The monoisotopic (exact) mass is 190 g/mol. The van der Waals surface area contributed by atoms with Crippen molar-refractivity contribution in [3.8, 4) is 0 Å². The minimum atomic E-state index is -4.64. The summed E-state index contributed by atoms with van der Waals surface area (Å²) in [4.78, 5) is 21.6. The third-order valence-electron chi connectivity index (χ3n) is 0. The van der Waals surface area contributed by atoms with Crippen molar-refractivity contribution >= 4 is 56.5 Å². The van der Waals surface area contributed by atoms with Crippen LogP contribution in [-0.4, -0.2) is 68.9 Å². The maximum Gasteiger partial charge on any atom is 2.00 e. The molecule has 0 bridgehead atoms. The molecule has 5 nitrogen and oxygen atoms in total. The van der Waals surface area contributed by atoms with Crippen LogP contribution in [-0.2, 0) is 4.57 Å². The first-order valence-corrected chi connectivity index (χ1v) is 2.35. The Morgan fingerprint density at radius 3 is 1.25 bits per heavy atom. The first-order valence-electron chi connectivity index (χ1n) is 0.783. The average Bonchev–Trinajstić information content (AvgIpc) is 0.722. The van der Waals surface area contributed by atoms with E-state index in [2.05, 4.69) is 0 Å². The molecular formula is H11CaO5PSi. The molecular weight excluding hydrogens is 179 g/mol. The number of hydrogen-bond donors (Lipinski definition) is 3. The summed E-state index contributed by atoms with van der Waals surface area (Å²) in [5.41, 5.74) is 0. The van der Waals surface area contributed by atoms with Crippen molar-refractivity contribution in [2.45, 2.75) is 0 Å². The summed E-state index contributed by atoms with van der Waals surface area (Å²) in [6.07, 6.45) is 0. The predicted octanol–water partition coefficient (Wildman–Crippen LogP) is -3.36. The molecule has 0 atom stereocenters. The second kappa shape index (κ2) is 8.55. The summed E-state index contributed by atoms with van der Waals surface area (Å²) in [5.74, 6) is 0. The van der Waals surface area contributed by atoms with Crippen molar-refractivity contribution in [2.24, 2.45) is 0 Å². The van der Waals surface area contributed by atoms with Gasteiger partial charge in [-0.3, -0.25) is 0 Å². The van der Waals surface area contributed by atoms with Crippen molar-refractivity contribution in [2.75, 3.05) is 0 Å². The third-order valence-corrected chi connectivity index (χ3v) is 0. The van der Waals surface area contributed by atoms with Crippen molar-refractivity contribution in [3.63, 3.8) is 0 Å². The van der Waals surface area contributed by atoms with Gasteiger partial charge in [0.25, 0.3) is 0 Å². The summed E-state index contributed by atoms with van der Waals surface area (Å²) in [7, 11) is -4.64. The number of phosphoric acid groups is 1. The zero-order valence-corrected chi connectivity index (χ0v) is 6.51. The summed E-state index contributed by atoms with van der Waals surface area (Å²) in [6.45, 7) is 0. The van der Waals surface area contributed by atoms with Gasteiger partial charge in [0.1, 0.15) is 0 Å². The van der Waals surface area contributed by atoms with Gasteiger partial charge in [-0.25, -0.2) is 4.57 Å². The van der Waals surface area contributed by atoms with E-state index in [9.17, 15) is 0 Å². The molecule has 0 aliphatic carbocycles. The van der Waals surface area contributed by atoms with Crippen molar-refractivity contribution in [1.29, 1.82) is 0 Å². The van der Waals surface area contributed by atoms with Gasteiger partial charge in [0.2, 0.25) is 0 Å². The molecule has 0 heterocycles. The Hall–Kier alpha value is 1.55. The standard InChI is InChI=1S/Ca.H3O4P.H2O.H4Si.2H/c;1-5(2,3)4;;;;/h;(H3,1,2,3,4);1H2;1H4;;/q+2;;;;2*-1. The Morgan fingerprint density at radius 1 is 1.25 bits per heavy atom. The van der Waals surface area contributed by atoms with Gasteiger partial charge in [-0.15, -0.1) is 0 Å². The van der Waals surface area contributed by atoms with Crippen molar-refractivity contribution in [3.05, 3.63) is 0 Å². The second-order valence-corrected chi connectivity index (χ2v) is 1.54. The summed E-state index contributed by atoms with van der Waals surface area (Å²) < 4.78 is 8.88. The van der Waals surface area contributed by atoms with Gasteiger partial charge in [-0.2, -0.15) is 0 Å². The third kappa shape index (κ3) is 135. The zero-order chi connectivity index (χ0) is 4.50. The molecule has 5 N–H and O–H groups in total. The predicted molar refractivity (Wildman–Crippen MR) is 37.2 cm³/mol. The minimum Gasteiger partial charge on any atom is -1.00 e. The Balaban J connectivity index is -0.00000000800. The fraction of sp³-hybridized carbons (Fsp3) is 0. The van der Waals surface area contributed by atoms with E-state index in [4.69, 9.17) is 19.2 Å². The van der Waals surface area contributed by atoms with Crippen LogP contribution in [0.4, 0.5) is 0 Å². The maximum absolute atomic E-state index is 8.88. The summed E-state index contributed by atoms with van der Waals surface area (Å²) in [6, 6.07) is 0. The molecule has 0 aliphatic heterocycles. The minimum absolute atomic E-state index is 0. The van der Waals surface area contributed by atoms with E-state index < -0.39 is 7.82 Å². The molecule has 0 radical (unpaired) electrons. The van der Waals surface area contributed by atoms with Crippen molar-refractivity contribution in [1.82, 2.24) is 0 Å². The molecule has 0 fully saturated rings. The van der Waals surface area contributed by atoms with Gasteiger partial charge >= 0.3 is 45.6 Å². The summed E-state index contributed by atoms with van der Waals surface area (Å²) >= 11 is 0. The van der Waals surface area contributed by atoms with Crippen LogP contribution in [0.25, 0.3) is 0 Å². The van der Waals surface area contributed by atoms with Crippen LogP contribution in [0.15, 0.2) is 0 Å². The molecule has 8 heteroatoms. The number of hydrogen-bond acceptors (Lipinski definition) is 1. The van der Waals surface area contributed by atoms with Gasteiger partial charge in [0.05, 0.1) is 0 Å². The molecule has 0 aromatic heterocycles. The molecule has 52 valence electrons. The van der Waals surface area contributed by atoms with Gasteiger partial charge in [0.15, 0.2) is 0 Å². The molecule has 0 amide bonds. The van der Waals surface area contributed by atoms with Crippen LogP contribution in [0, 0.1) is 0 Å². The van der Waals surface area contributed by atoms with E-state index >= 15 is 0 Å².